The Morgan fingerprint density at radius 3 is 2.81 bits per heavy atom. The van der Waals surface area contributed by atoms with Gasteiger partial charge in [-0.15, -0.1) is 0 Å². The predicted molar refractivity (Wildman–Crippen MR) is 113 cm³/mol. The Hall–Kier alpha value is -3.98. The van der Waals surface area contributed by atoms with E-state index >= 15 is 0 Å². The molecular formula is C22H21N5O4. The van der Waals surface area contributed by atoms with E-state index in [2.05, 4.69) is 15.1 Å². The second-order valence-electron chi connectivity index (χ2n) is 6.69. The summed E-state index contributed by atoms with van der Waals surface area (Å²) < 4.78 is 12.5. The van der Waals surface area contributed by atoms with E-state index in [0.29, 0.717) is 28.5 Å². The number of methoxy groups -OCH3 is 1. The van der Waals surface area contributed by atoms with Gasteiger partial charge in [-0.1, -0.05) is 12.1 Å². The third kappa shape index (κ3) is 3.90. The first-order valence-corrected chi connectivity index (χ1v) is 9.59. The van der Waals surface area contributed by atoms with Crippen molar-refractivity contribution in [3.05, 3.63) is 66.7 Å². The minimum atomic E-state index is -0.299. The standard InChI is InChI=1S/C22H21N5O4/c1-26(11-12-28)21(29)16-14-24-27(20(16)19-8-5-13-31-19)22-23-10-9-17(25-22)15-6-3-4-7-18(15)30-2/h3-10,13-14,28H,11-12H2,1-2H3. The third-order valence-corrected chi connectivity index (χ3v) is 4.75. The minimum Gasteiger partial charge on any atom is -0.496 e. The topological polar surface area (TPSA) is 107 Å². The quantitative estimate of drug-likeness (QED) is 0.491. The highest BCUT2D eigenvalue weighted by molar-refractivity contribution is 5.99. The molecule has 4 rings (SSSR count). The number of benzene rings is 1. The SMILES string of the molecule is COc1ccccc1-c1ccnc(-n2ncc(C(=O)N(C)CCO)c2-c2ccco2)n1. The molecule has 0 radical (unpaired) electrons. The van der Waals surface area contributed by atoms with Gasteiger partial charge in [-0.3, -0.25) is 4.79 Å². The Bertz CT molecular complexity index is 1190. The number of hydrogen-bond acceptors (Lipinski definition) is 7. The first-order valence-electron chi connectivity index (χ1n) is 9.59. The molecule has 0 spiro atoms. The van der Waals surface area contributed by atoms with E-state index < -0.39 is 0 Å². The van der Waals surface area contributed by atoms with Gasteiger partial charge in [-0.25, -0.2) is 9.97 Å². The number of amides is 1. The zero-order valence-corrected chi connectivity index (χ0v) is 17.1. The van der Waals surface area contributed by atoms with Crippen LogP contribution in [0.4, 0.5) is 0 Å². The van der Waals surface area contributed by atoms with Crippen LogP contribution in [-0.2, 0) is 0 Å². The summed E-state index contributed by atoms with van der Waals surface area (Å²) >= 11 is 0. The zero-order valence-electron chi connectivity index (χ0n) is 17.1. The second kappa shape index (κ2) is 8.80. The predicted octanol–water partition coefficient (Wildman–Crippen LogP) is 2.66. The summed E-state index contributed by atoms with van der Waals surface area (Å²) in [7, 11) is 3.21. The summed E-state index contributed by atoms with van der Waals surface area (Å²) in [5, 5.41) is 13.6. The maximum absolute atomic E-state index is 12.9. The van der Waals surface area contributed by atoms with E-state index in [-0.39, 0.29) is 25.0 Å². The normalized spacial score (nSPS) is 10.8. The van der Waals surface area contributed by atoms with Crippen molar-refractivity contribution in [2.45, 2.75) is 0 Å². The van der Waals surface area contributed by atoms with Crippen LogP contribution in [0, 0.1) is 0 Å². The number of aliphatic hydroxyl groups is 1. The summed E-state index contributed by atoms with van der Waals surface area (Å²) in [6, 6.07) is 12.8. The van der Waals surface area contributed by atoms with Crippen LogP contribution in [-0.4, -0.2) is 63.0 Å². The van der Waals surface area contributed by atoms with Gasteiger partial charge < -0.3 is 19.2 Å². The van der Waals surface area contributed by atoms with Crippen LogP contribution >= 0.6 is 0 Å². The van der Waals surface area contributed by atoms with Crippen LogP contribution in [0.25, 0.3) is 28.7 Å². The zero-order chi connectivity index (χ0) is 21.8. The van der Waals surface area contributed by atoms with Crippen LogP contribution in [0.5, 0.6) is 5.75 Å². The van der Waals surface area contributed by atoms with Crippen molar-refractivity contribution in [3.8, 4) is 34.4 Å². The molecule has 1 amide bonds. The lowest BCUT2D eigenvalue weighted by Crippen LogP contribution is -2.29. The van der Waals surface area contributed by atoms with Crippen LogP contribution in [0.2, 0.25) is 0 Å². The number of furan rings is 1. The molecule has 1 aromatic carbocycles. The van der Waals surface area contributed by atoms with Gasteiger partial charge in [0.2, 0.25) is 0 Å². The Balaban J connectivity index is 1.83. The molecule has 3 heterocycles. The molecule has 0 saturated heterocycles. The highest BCUT2D eigenvalue weighted by Gasteiger charge is 2.25. The van der Waals surface area contributed by atoms with Crippen molar-refractivity contribution in [2.75, 3.05) is 27.3 Å². The highest BCUT2D eigenvalue weighted by Crippen LogP contribution is 2.30. The van der Waals surface area contributed by atoms with Gasteiger partial charge in [0.15, 0.2) is 5.76 Å². The van der Waals surface area contributed by atoms with Crippen molar-refractivity contribution < 1.29 is 19.1 Å². The molecule has 0 saturated carbocycles. The van der Waals surface area contributed by atoms with Gasteiger partial charge in [-0.2, -0.15) is 9.78 Å². The fraction of sp³-hybridized carbons (Fsp3) is 0.182. The largest absolute Gasteiger partial charge is 0.496 e. The number of aliphatic hydroxyl groups excluding tert-OH is 1. The monoisotopic (exact) mass is 419 g/mol. The lowest BCUT2D eigenvalue weighted by molar-refractivity contribution is 0.0767. The van der Waals surface area contributed by atoms with Crippen molar-refractivity contribution in [2.24, 2.45) is 0 Å². The molecule has 0 unspecified atom stereocenters. The van der Waals surface area contributed by atoms with Gasteiger partial charge in [0.1, 0.15) is 11.4 Å². The Labute approximate surface area is 178 Å². The average molecular weight is 419 g/mol. The van der Waals surface area contributed by atoms with E-state index in [0.717, 1.165) is 5.56 Å². The van der Waals surface area contributed by atoms with Crippen LogP contribution in [0.1, 0.15) is 10.4 Å². The average Bonchev–Trinajstić information content (AvgIpc) is 3.48. The molecule has 1 N–H and O–H groups in total. The smallest absolute Gasteiger partial charge is 0.257 e. The van der Waals surface area contributed by atoms with Gasteiger partial charge in [0, 0.05) is 25.4 Å². The molecule has 0 aliphatic heterocycles. The number of carbonyl (C=O) groups excluding carboxylic acids is 1. The number of rotatable bonds is 7. The first kappa shape index (κ1) is 20.3. The number of carbonyl (C=O) groups is 1. The molecular weight excluding hydrogens is 398 g/mol. The molecule has 0 fully saturated rings. The van der Waals surface area contributed by atoms with E-state index in [4.69, 9.17) is 9.15 Å². The number of para-hydroxylation sites is 1. The third-order valence-electron chi connectivity index (χ3n) is 4.75. The van der Waals surface area contributed by atoms with Gasteiger partial charge in [0.05, 0.1) is 37.4 Å². The molecule has 0 bridgehead atoms. The number of likely N-dealkylation sites (N-methyl/N-ethyl adjacent to an activating group) is 1. The molecule has 0 atom stereocenters. The molecule has 31 heavy (non-hydrogen) atoms. The molecule has 4 aromatic rings. The Kier molecular flexibility index (Phi) is 5.76. The Morgan fingerprint density at radius 2 is 2.06 bits per heavy atom. The fourth-order valence-corrected chi connectivity index (χ4v) is 3.22. The molecule has 158 valence electrons. The minimum absolute atomic E-state index is 0.142. The van der Waals surface area contributed by atoms with Crippen LogP contribution in [0.3, 0.4) is 0 Å². The summed E-state index contributed by atoms with van der Waals surface area (Å²) in [4.78, 5) is 23.4. The summed E-state index contributed by atoms with van der Waals surface area (Å²) in [6.45, 7) is 0.0535. The number of nitrogens with zero attached hydrogens (tertiary/aromatic N) is 5. The lowest BCUT2D eigenvalue weighted by Gasteiger charge is -2.15. The molecule has 0 aliphatic rings. The van der Waals surface area contributed by atoms with Gasteiger partial charge in [-0.05, 0) is 30.3 Å². The fourth-order valence-electron chi connectivity index (χ4n) is 3.22. The number of hydrogen-bond donors (Lipinski definition) is 1. The molecule has 9 heteroatoms. The van der Waals surface area contributed by atoms with Gasteiger partial charge >= 0.3 is 0 Å². The highest BCUT2D eigenvalue weighted by atomic mass is 16.5. The molecule has 0 aliphatic carbocycles. The number of ether oxygens (including phenoxy) is 1. The van der Waals surface area contributed by atoms with Crippen molar-refractivity contribution in [1.29, 1.82) is 0 Å². The second-order valence-corrected chi connectivity index (χ2v) is 6.69. The number of aromatic nitrogens is 4. The Morgan fingerprint density at radius 1 is 1.23 bits per heavy atom. The van der Waals surface area contributed by atoms with E-state index in [1.54, 1.807) is 38.6 Å². The maximum Gasteiger partial charge on any atom is 0.257 e. The summed E-state index contributed by atoms with van der Waals surface area (Å²) in [5.41, 5.74) is 2.20. The first-order chi connectivity index (χ1) is 15.1. The van der Waals surface area contributed by atoms with Crippen molar-refractivity contribution in [1.82, 2.24) is 24.6 Å². The van der Waals surface area contributed by atoms with E-state index in [1.165, 1.54) is 22.0 Å². The molecule has 9 nitrogen and oxygen atoms in total. The molecule has 3 aromatic heterocycles. The van der Waals surface area contributed by atoms with E-state index in [9.17, 15) is 9.90 Å². The van der Waals surface area contributed by atoms with E-state index in [1.807, 2.05) is 24.3 Å². The lowest BCUT2D eigenvalue weighted by atomic mass is 10.1. The van der Waals surface area contributed by atoms with Crippen LogP contribution < -0.4 is 4.74 Å². The van der Waals surface area contributed by atoms with Crippen molar-refractivity contribution in [3.63, 3.8) is 0 Å². The summed E-state index contributed by atoms with van der Waals surface area (Å²) in [5.74, 6) is 1.11. The van der Waals surface area contributed by atoms with Crippen LogP contribution in [0.15, 0.2) is 65.5 Å². The summed E-state index contributed by atoms with van der Waals surface area (Å²) in [6.07, 6.45) is 4.59. The van der Waals surface area contributed by atoms with Gasteiger partial charge in [0.25, 0.3) is 11.9 Å². The van der Waals surface area contributed by atoms with Crippen molar-refractivity contribution >= 4 is 5.91 Å². The maximum atomic E-state index is 12.9.